The summed E-state index contributed by atoms with van der Waals surface area (Å²) in [5.74, 6) is 1.66. The highest BCUT2D eigenvalue weighted by atomic mass is 16.5. The molecule has 0 spiro atoms. The average molecular weight is 246 g/mol. The number of carbonyl (C=O) groups excluding carboxylic acids is 1. The lowest BCUT2D eigenvalue weighted by atomic mass is 9.83. The summed E-state index contributed by atoms with van der Waals surface area (Å²) in [6.07, 6.45) is 2.26. The van der Waals surface area contributed by atoms with Crippen LogP contribution >= 0.6 is 0 Å². The maximum absolute atomic E-state index is 12.1. The summed E-state index contributed by atoms with van der Waals surface area (Å²) in [6.45, 7) is 7.07. The number of hydrogen-bond acceptors (Lipinski definition) is 2. The van der Waals surface area contributed by atoms with Crippen molar-refractivity contribution in [3.8, 4) is 5.75 Å². The van der Waals surface area contributed by atoms with Gasteiger partial charge < -0.3 is 4.74 Å². The first kappa shape index (κ1) is 13.1. The minimum absolute atomic E-state index is 0.0851. The van der Waals surface area contributed by atoms with E-state index in [1.807, 2.05) is 18.2 Å². The van der Waals surface area contributed by atoms with Crippen LogP contribution < -0.4 is 4.74 Å². The number of ketones is 1. The van der Waals surface area contributed by atoms with Crippen LogP contribution in [-0.2, 0) is 4.79 Å². The van der Waals surface area contributed by atoms with Crippen molar-refractivity contribution in [3.63, 3.8) is 0 Å². The fraction of sp³-hybridized carbons (Fsp3) is 0.562. The summed E-state index contributed by atoms with van der Waals surface area (Å²) >= 11 is 0. The molecule has 1 aliphatic rings. The predicted octanol–water partition coefficient (Wildman–Crippen LogP) is 3.95. The molecule has 0 amide bonds. The molecular weight excluding hydrogens is 224 g/mol. The van der Waals surface area contributed by atoms with Crippen LogP contribution in [0.5, 0.6) is 5.75 Å². The van der Waals surface area contributed by atoms with Crippen molar-refractivity contribution < 1.29 is 9.53 Å². The highest BCUT2D eigenvalue weighted by molar-refractivity contribution is 5.80. The molecule has 0 saturated carbocycles. The molecule has 0 bridgehead atoms. The minimum atomic E-state index is 0.0851. The number of Topliss-reactive ketones (excluding diaryl/α,β-unsaturated/α-hetero) is 1. The third-order valence-electron chi connectivity index (χ3n) is 3.28. The lowest BCUT2D eigenvalue weighted by molar-refractivity contribution is -0.121. The summed E-state index contributed by atoms with van der Waals surface area (Å²) < 4.78 is 5.62. The van der Waals surface area contributed by atoms with Crippen LogP contribution in [0.3, 0.4) is 0 Å². The summed E-state index contributed by atoms with van der Waals surface area (Å²) in [5.41, 5.74) is 1.29. The molecular formula is C16H22O2. The molecule has 2 nitrogen and oxygen atoms in total. The van der Waals surface area contributed by atoms with Gasteiger partial charge in [0.25, 0.3) is 0 Å². The number of benzene rings is 1. The standard InChI is InChI=1S/C16H22O2/c1-16(2,3)11-13(17)10-12-8-9-18-15-7-5-4-6-14(12)15/h4-7,12H,8-11H2,1-3H3. The Morgan fingerprint density at radius 2 is 2.06 bits per heavy atom. The Hall–Kier alpha value is -1.31. The van der Waals surface area contributed by atoms with Crippen LogP contribution in [0.2, 0.25) is 0 Å². The van der Waals surface area contributed by atoms with Gasteiger partial charge in [0.05, 0.1) is 6.61 Å². The SMILES string of the molecule is CC(C)(C)CC(=O)CC1CCOc2ccccc21. The number of carbonyl (C=O) groups is 1. The van der Waals surface area contributed by atoms with E-state index in [0.717, 1.165) is 18.8 Å². The Morgan fingerprint density at radius 3 is 2.78 bits per heavy atom. The van der Waals surface area contributed by atoms with Crippen molar-refractivity contribution in [2.24, 2.45) is 5.41 Å². The second kappa shape index (κ2) is 5.13. The van der Waals surface area contributed by atoms with Gasteiger partial charge in [-0.05, 0) is 29.4 Å². The minimum Gasteiger partial charge on any atom is -0.493 e. The van der Waals surface area contributed by atoms with Gasteiger partial charge in [-0.2, -0.15) is 0 Å². The van der Waals surface area contributed by atoms with Crippen molar-refractivity contribution in [1.82, 2.24) is 0 Å². The molecule has 1 atom stereocenters. The van der Waals surface area contributed by atoms with Crippen molar-refractivity contribution in [3.05, 3.63) is 29.8 Å². The second-order valence-electron chi connectivity index (χ2n) is 6.35. The molecule has 0 N–H and O–H groups in total. The third kappa shape index (κ3) is 3.34. The van der Waals surface area contributed by atoms with Crippen LogP contribution in [0, 0.1) is 5.41 Å². The largest absolute Gasteiger partial charge is 0.493 e. The number of para-hydroxylation sites is 1. The van der Waals surface area contributed by atoms with Gasteiger partial charge in [-0.3, -0.25) is 4.79 Å². The molecule has 1 heterocycles. The maximum atomic E-state index is 12.1. The van der Waals surface area contributed by atoms with Crippen molar-refractivity contribution in [2.75, 3.05) is 6.61 Å². The summed E-state index contributed by atoms with van der Waals surface area (Å²) in [7, 11) is 0. The van der Waals surface area contributed by atoms with Crippen LogP contribution in [0.1, 0.15) is 51.5 Å². The Morgan fingerprint density at radius 1 is 1.33 bits per heavy atom. The number of fused-ring (bicyclic) bond motifs is 1. The zero-order chi connectivity index (χ0) is 13.2. The Kier molecular flexibility index (Phi) is 3.74. The van der Waals surface area contributed by atoms with E-state index >= 15 is 0 Å². The third-order valence-corrected chi connectivity index (χ3v) is 3.28. The Balaban J connectivity index is 2.05. The zero-order valence-corrected chi connectivity index (χ0v) is 11.5. The first-order valence-electron chi connectivity index (χ1n) is 6.69. The van der Waals surface area contributed by atoms with E-state index in [1.54, 1.807) is 0 Å². The lowest BCUT2D eigenvalue weighted by Gasteiger charge is -2.26. The molecule has 0 radical (unpaired) electrons. The zero-order valence-electron chi connectivity index (χ0n) is 11.5. The molecule has 0 saturated heterocycles. The molecule has 2 rings (SSSR count). The van der Waals surface area contributed by atoms with Gasteiger partial charge in [0.1, 0.15) is 11.5 Å². The molecule has 0 aliphatic carbocycles. The summed E-state index contributed by atoms with van der Waals surface area (Å²) in [6, 6.07) is 8.09. The fourth-order valence-corrected chi connectivity index (χ4v) is 2.57. The van der Waals surface area contributed by atoms with Gasteiger partial charge in [-0.15, -0.1) is 0 Å². The van der Waals surface area contributed by atoms with Crippen LogP contribution in [0.4, 0.5) is 0 Å². The molecule has 1 aromatic carbocycles. The number of hydrogen-bond donors (Lipinski definition) is 0. The highest BCUT2D eigenvalue weighted by Gasteiger charge is 2.25. The van der Waals surface area contributed by atoms with Gasteiger partial charge in [-0.25, -0.2) is 0 Å². The summed E-state index contributed by atoms with van der Waals surface area (Å²) in [4.78, 5) is 12.1. The lowest BCUT2D eigenvalue weighted by Crippen LogP contribution is -2.19. The Bertz CT molecular complexity index is 429. The molecule has 98 valence electrons. The smallest absolute Gasteiger partial charge is 0.134 e. The number of ether oxygens (including phenoxy) is 1. The van der Waals surface area contributed by atoms with Crippen molar-refractivity contribution >= 4 is 5.78 Å². The fourth-order valence-electron chi connectivity index (χ4n) is 2.57. The van der Waals surface area contributed by atoms with E-state index in [4.69, 9.17) is 4.74 Å². The van der Waals surface area contributed by atoms with E-state index in [1.165, 1.54) is 5.56 Å². The monoisotopic (exact) mass is 246 g/mol. The second-order valence-corrected chi connectivity index (χ2v) is 6.35. The predicted molar refractivity (Wildman–Crippen MR) is 73.0 cm³/mol. The molecule has 1 unspecified atom stereocenters. The first-order chi connectivity index (χ1) is 8.46. The normalized spacial score (nSPS) is 18.9. The number of rotatable bonds is 3. The quantitative estimate of drug-likeness (QED) is 0.807. The van der Waals surface area contributed by atoms with E-state index < -0.39 is 0 Å². The van der Waals surface area contributed by atoms with Gasteiger partial charge in [0.2, 0.25) is 0 Å². The van der Waals surface area contributed by atoms with E-state index in [2.05, 4.69) is 26.8 Å². The summed E-state index contributed by atoms with van der Waals surface area (Å²) in [5, 5.41) is 0. The molecule has 2 heteroatoms. The van der Waals surface area contributed by atoms with Gasteiger partial charge >= 0.3 is 0 Å². The van der Waals surface area contributed by atoms with Crippen LogP contribution in [-0.4, -0.2) is 12.4 Å². The van der Waals surface area contributed by atoms with Crippen molar-refractivity contribution in [1.29, 1.82) is 0 Å². The van der Waals surface area contributed by atoms with Crippen molar-refractivity contribution in [2.45, 2.75) is 46.0 Å². The van der Waals surface area contributed by atoms with E-state index in [0.29, 0.717) is 24.5 Å². The van der Waals surface area contributed by atoms with E-state index in [9.17, 15) is 4.79 Å². The average Bonchev–Trinajstić information content (AvgIpc) is 2.27. The molecule has 0 aromatic heterocycles. The molecule has 1 aromatic rings. The first-order valence-corrected chi connectivity index (χ1v) is 6.69. The Labute approximate surface area is 109 Å². The van der Waals surface area contributed by atoms with Gasteiger partial charge in [0, 0.05) is 12.8 Å². The molecule has 1 aliphatic heterocycles. The van der Waals surface area contributed by atoms with Gasteiger partial charge in [0.15, 0.2) is 0 Å². The van der Waals surface area contributed by atoms with E-state index in [-0.39, 0.29) is 5.41 Å². The van der Waals surface area contributed by atoms with Gasteiger partial charge in [-0.1, -0.05) is 39.0 Å². The molecule has 0 fully saturated rings. The van der Waals surface area contributed by atoms with Crippen LogP contribution in [0.25, 0.3) is 0 Å². The van der Waals surface area contributed by atoms with Crippen LogP contribution in [0.15, 0.2) is 24.3 Å². The molecule has 18 heavy (non-hydrogen) atoms. The maximum Gasteiger partial charge on any atom is 0.134 e. The topological polar surface area (TPSA) is 26.3 Å². The highest BCUT2D eigenvalue weighted by Crippen LogP contribution is 2.36.